The maximum absolute atomic E-state index is 13.3. The zero-order chi connectivity index (χ0) is 38.2. The molecule has 8 rings (SSSR count). The second kappa shape index (κ2) is 15.4. The number of furan rings is 1. The highest BCUT2D eigenvalue weighted by Crippen LogP contribution is 2.40. The van der Waals surface area contributed by atoms with Gasteiger partial charge in [0.1, 0.15) is 28.2 Å². The first-order chi connectivity index (χ1) is 26.7. The Bertz CT molecular complexity index is 2480. The number of aliphatic imine (C=N–C) groups is 1. The van der Waals surface area contributed by atoms with Crippen LogP contribution in [0.5, 0.6) is 5.75 Å². The molecule has 11 nitrogen and oxygen atoms in total. The van der Waals surface area contributed by atoms with Crippen molar-refractivity contribution in [3.63, 3.8) is 0 Å². The third-order valence-corrected chi connectivity index (χ3v) is 12.0. The number of aromatic nitrogens is 3. The summed E-state index contributed by atoms with van der Waals surface area (Å²) in [4.78, 5) is 44.0. The minimum atomic E-state index is -0.503. The van der Waals surface area contributed by atoms with Gasteiger partial charge in [0.2, 0.25) is 17.7 Å². The van der Waals surface area contributed by atoms with Gasteiger partial charge in [0, 0.05) is 44.9 Å². The van der Waals surface area contributed by atoms with Crippen LogP contribution in [0, 0.1) is 20.8 Å². The lowest BCUT2D eigenvalue weighted by Crippen LogP contribution is -2.39. The molecule has 13 heteroatoms. The lowest BCUT2D eigenvalue weighted by atomic mass is 9.89. The van der Waals surface area contributed by atoms with Gasteiger partial charge in [0.25, 0.3) is 0 Å². The smallest absolute Gasteiger partial charge is 0.234 e. The molecule has 2 aliphatic heterocycles. The number of benzene rings is 3. The van der Waals surface area contributed by atoms with Crippen LogP contribution in [0.25, 0.3) is 26.7 Å². The largest absolute Gasteiger partial charge is 0.494 e. The molecule has 5 heterocycles. The summed E-state index contributed by atoms with van der Waals surface area (Å²) in [5.74, 6) is 1.18. The predicted octanol–water partition coefficient (Wildman–Crippen LogP) is 8.36. The molecule has 2 atom stereocenters. The molecule has 6 aromatic rings. The van der Waals surface area contributed by atoms with E-state index in [1.54, 1.807) is 17.6 Å². The number of fused-ring (bicyclic) bond motifs is 6. The fourth-order valence-electron chi connectivity index (χ4n) is 7.58. The van der Waals surface area contributed by atoms with Crippen LogP contribution in [0.15, 0.2) is 70.3 Å². The highest BCUT2D eigenvalue weighted by Gasteiger charge is 2.33. The zero-order valence-electron chi connectivity index (χ0n) is 30.9. The van der Waals surface area contributed by atoms with Gasteiger partial charge >= 0.3 is 0 Å². The van der Waals surface area contributed by atoms with E-state index in [0.29, 0.717) is 42.4 Å². The second-order valence-electron chi connectivity index (χ2n) is 14.2. The highest BCUT2D eigenvalue weighted by atomic mass is 35.5. The SMILES string of the molecule is Cc1sc2c(c1C)C(c1ccc(Cl)cc1)=N[C@@H](CC(=O)NCCCCCCOc1ccc3c(ccc4occ(C5CCC(=O)NC5=O)c43)c1)c1nnc(C)n1-2. The van der Waals surface area contributed by atoms with E-state index in [0.717, 1.165) is 86.4 Å². The van der Waals surface area contributed by atoms with Crippen molar-refractivity contribution >= 4 is 68.1 Å². The highest BCUT2D eigenvalue weighted by molar-refractivity contribution is 7.15. The Balaban J connectivity index is 0.840. The van der Waals surface area contributed by atoms with Gasteiger partial charge in [-0.05, 0) is 92.8 Å². The molecule has 3 aromatic carbocycles. The third-order valence-electron chi connectivity index (χ3n) is 10.6. The number of carbonyl (C=O) groups excluding carboxylic acids is 3. The van der Waals surface area contributed by atoms with Gasteiger partial charge in [0.05, 0.1) is 30.9 Å². The van der Waals surface area contributed by atoms with Crippen LogP contribution in [0.4, 0.5) is 0 Å². The molecule has 1 fully saturated rings. The molecule has 3 aromatic heterocycles. The molecule has 0 radical (unpaired) electrons. The van der Waals surface area contributed by atoms with Crippen LogP contribution in [0.2, 0.25) is 5.02 Å². The van der Waals surface area contributed by atoms with E-state index < -0.39 is 12.0 Å². The van der Waals surface area contributed by atoms with Gasteiger partial charge in [0.15, 0.2) is 5.82 Å². The van der Waals surface area contributed by atoms with Crippen molar-refractivity contribution < 1.29 is 23.5 Å². The molecule has 55 heavy (non-hydrogen) atoms. The van der Waals surface area contributed by atoms with Crippen LogP contribution in [-0.4, -0.2) is 51.3 Å². The number of ether oxygens (including phenoxy) is 1. The van der Waals surface area contributed by atoms with Crippen LogP contribution in [0.3, 0.4) is 0 Å². The zero-order valence-corrected chi connectivity index (χ0v) is 32.5. The molecular formula is C42H41ClN6O5S. The van der Waals surface area contributed by atoms with Gasteiger partial charge in [-0.15, -0.1) is 21.5 Å². The summed E-state index contributed by atoms with van der Waals surface area (Å²) >= 11 is 7.92. The molecule has 3 amide bonds. The van der Waals surface area contributed by atoms with E-state index in [1.165, 1.54) is 4.88 Å². The first-order valence-corrected chi connectivity index (χ1v) is 19.9. The number of piperidine rings is 1. The molecule has 282 valence electrons. The molecule has 0 spiro atoms. The summed E-state index contributed by atoms with van der Waals surface area (Å²) in [7, 11) is 0. The van der Waals surface area contributed by atoms with Gasteiger partial charge in [-0.1, -0.05) is 42.6 Å². The van der Waals surface area contributed by atoms with E-state index in [-0.39, 0.29) is 24.1 Å². The molecular weight excluding hydrogens is 736 g/mol. The summed E-state index contributed by atoms with van der Waals surface area (Å²) in [6, 6.07) is 17.0. The number of unbranched alkanes of at least 4 members (excludes halogenated alkanes) is 3. The van der Waals surface area contributed by atoms with Gasteiger partial charge < -0.3 is 14.5 Å². The number of rotatable bonds is 12. The van der Waals surface area contributed by atoms with Crippen molar-refractivity contribution in [1.29, 1.82) is 0 Å². The number of nitrogens with zero attached hydrogens (tertiary/aromatic N) is 4. The predicted molar refractivity (Wildman–Crippen MR) is 214 cm³/mol. The van der Waals surface area contributed by atoms with Gasteiger partial charge in [-0.3, -0.25) is 29.3 Å². The van der Waals surface area contributed by atoms with Gasteiger partial charge in [-0.2, -0.15) is 0 Å². The van der Waals surface area contributed by atoms with Crippen molar-refractivity contribution in [1.82, 2.24) is 25.4 Å². The van der Waals surface area contributed by atoms with E-state index in [1.807, 2.05) is 61.5 Å². The van der Waals surface area contributed by atoms with Crippen molar-refractivity contribution in [2.75, 3.05) is 13.2 Å². The number of hydrogen-bond acceptors (Lipinski definition) is 9. The standard InChI is InChI=1S/C42H41ClN6O5S/c1-23-24(2)55-42-37(23)39(26-8-11-28(43)12-9-26)45-33(40-48-47-25(3)49(40)42)21-36(51)44-18-6-4-5-7-19-53-29-13-14-30-27(20-29)10-16-34-38(30)32(22-54-34)31-15-17-35(50)46-41(31)52/h8-14,16,20,22,31,33H,4-7,15,17-19,21H2,1-3H3,(H,44,51)(H,46,50,52)/t31?,33-/m0/s1. The van der Waals surface area contributed by atoms with E-state index in [9.17, 15) is 14.4 Å². The Labute approximate surface area is 327 Å². The average Bonchev–Trinajstić information content (AvgIpc) is 3.83. The Kier molecular flexibility index (Phi) is 10.3. The number of imide groups is 1. The number of aryl methyl sites for hydroxylation is 2. The molecule has 1 saturated heterocycles. The Morgan fingerprint density at radius 2 is 1.85 bits per heavy atom. The molecule has 0 aliphatic carbocycles. The molecule has 0 bridgehead atoms. The summed E-state index contributed by atoms with van der Waals surface area (Å²) in [5, 5.41) is 19.0. The first-order valence-electron chi connectivity index (χ1n) is 18.7. The Morgan fingerprint density at radius 1 is 1.04 bits per heavy atom. The average molecular weight is 777 g/mol. The summed E-state index contributed by atoms with van der Waals surface area (Å²) in [6.07, 6.45) is 6.24. The third kappa shape index (κ3) is 7.28. The quantitative estimate of drug-likeness (QED) is 0.0940. The van der Waals surface area contributed by atoms with Crippen LogP contribution in [0.1, 0.15) is 95.7 Å². The first kappa shape index (κ1) is 36.6. The van der Waals surface area contributed by atoms with Gasteiger partial charge in [-0.25, -0.2) is 0 Å². The minimum absolute atomic E-state index is 0.0777. The van der Waals surface area contributed by atoms with E-state index in [2.05, 4.69) is 39.2 Å². The fraction of sp³-hybridized carbons (Fsp3) is 0.333. The van der Waals surface area contributed by atoms with E-state index >= 15 is 0 Å². The van der Waals surface area contributed by atoms with Crippen molar-refractivity contribution in [3.8, 4) is 10.8 Å². The number of amides is 3. The maximum atomic E-state index is 13.3. The topological polar surface area (TPSA) is 141 Å². The van der Waals surface area contributed by atoms with Crippen molar-refractivity contribution in [3.05, 3.63) is 105 Å². The number of hydrogen-bond donors (Lipinski definition) is 2. The second-order valence-corrected chi connectivity index (χ2v) is 15.9. The number of nitrogens with one attached hydrogen (secondary N) is 2. The summed E-state index contributed by atoms with van der Waals surface area (Å²) < 4.78 is 14.0. The normalized spacial score (nSPS) is 16.8. The number of carbonyl (C=O) groups is 3. The van der Waals surface area contributed by atoms with E-state index in [4.69, 9.17) is 25.7 Å². The maximum Gasteiger partial charge on any atom is 0.234 e. The molecule has 1 unspecified atom stereocenters. The summed E-state index contributed by atoms with van der Waals surface area (Å²) in [6.45, 7) is 7.31. The Hall–Kier alpha value is -5.33. The molecule has 0 saturated carbocycles. The number of halogens is 1. The number of thiophene rings is 1. The van der Waals surface area contributed by atoms with Crippen molar-refractivity contribution in [2.45, 2.75) is 77.7 Å². The lowest BCUT2D eigenvalue weighted by molar-refractivity contribution is -0.134. The van der Waals surface area contributed by atoms with Crippen LogP contribution in [-0.2, 0) is 14.4 Å². The van der Waals surface area contributed by atoms with Crippen LogP contribution < -0.4 is 15.4 Å². The molecule has 2 aliphatic rings. The molecule has 2 N–H and O–H groups in total. The monoisotopic (exact) mass is 776 g/mol. The van der Waals surface area contributed by atoms with Crippen LogP contribution >= 0.6 is 22.9 Å². The Morgan fingerprint density at radius 3 is 2.67 bits per heavy atom. The summed E-state index contributed by atoms with van der Waals surface area (Å²) in [5.41, 5.74) is 5.47. The minimum Gasteiger partial charge on any atom is -0.494 e. The fourth-order valence-corrected chi connectivity index (χ4v) is 8.92. The van der Waals surface area contributed by atoms with Crippen molar-refractivity contribution in [2.24, 2.45) is 4.99 Å². The lowest BCUT2D eigenvalue weighted by Gasteiger charge is -2.20.